The third-order valence-corrected chi connectivity index (χ3v) is 4.32. The zero-order valence-electron chi connectivity index (χ0n) is 11.8. The molecule has 0 unspecified atom stereocenters. The molecule has 0 aliphatic carbocycles. The molecule has 3 aromatic carbocycles. The minimum absolute atomic E-state index is 1.03. The molecule has 5 rings (SSSR count). The van der Waals surface area contributed by atoms with Gasteiger partial charge in [-0.15, -0.1) is 0 Å². The molecule has 102 valence electrons. The van der Waals surface area contributed by atoms with Gasteiger partial charge in [0.15, 0.2) is 0 Å². The number of hydrogen-bond acceptors (Lipinski definition) is 2. The van der Waals surface area contributed by atoms with E-state index in [1.807, 2.05) is 24.5 Å². The number of hydrogen-bond donors (Lipinski definition) is 0. The molecule has 22 heavy (non-hydrogen) atoms. The fourth-order valence-electron chi connectivity index (χ4n) is 3.35. The van der Waals surface area contributed by atoms with Crippen molar-refractivity contribution in [3.8, 4) is 0 Å². The Morgan fingerprint density at radius 3 is 2.05 bits per heavy atom. The molecule has 0 fully saturated rings. The number of benzene rings is 3. The van der Waals surface area contributed by atoms with Crippen molar-refractivity contribution in [2.24, 2.45) is 0 Å². The second-order valence-corrected chi connectivity index (χ2v) is 5.51. The van der Waals surface area contributed by atoms with E-state index < -0.39 is 0 Å². The van der Waals surface area contributed by atoms with Gasteiger partial charge in [0.2, 0.25) is 0 Å². The van der Waals surface area contributed by atoms with Crippen molar-refractivity contribution in [3.63, 3.8) is 0 Å². The van der Waals surface area contributed by atoms with Crippen LogP contribution in [0.25, 0.3) is 43.4 Å². The highest BCUT2D eigenvalue weighted by atomic mass is 14.7. The monoisotopic (exact) mass is 280 g/mol. The van der Waals surface area contributed by atoms with Crippen molar-refractivity contribution in [2.75, 3.05) is 0 Å². The first kappa shape index (κ1) is 11.6. The highest BCUT2D eigenvalue weighted by Crippen LogP contribution is 2.36. The standard InChI is InChI=1S/C20H12N2/c1-2-7-14-13(6-1)12-22-20-16-9-4-3-8-15(16)17-10-5-11-21-19(17)18(14)20/h1-12H. The second-order valence-electron chi connectivity index (χ2n) is 5.51. The van der Waals surface area contributed by atoms with Crippen LogP contribution < -0.4 is 0 Å². The molecule has 0 amide bonds. The summed E-state index contributed by atoms with van der Waals surface area (Å²) in [5.74, 6) is 0. The Kier molecular flexibility index (Phi) is 2.25. The highest BCUT2D eigenvalue weighted by molar-refractivity contribution is 6.28. The van der Waals surface area contributed by atoms with E-state index in [1.165, 1.54) is 21.5 Å². The Balaban J connectivity index is 2.24. The lowest BCUT2D eigenvalue weighted by Crippen LogP contribution is -1.89. The van der Waals surface area contributed by atoms with E-state index in [0.29, 0.717) is 0 Å². The van der Waals surface area contributed by atoms with Gasteiger partial charge in [0.1, 0.15) is 0 Å². The zero-order valence-corrected chi connectivity index (χ0v) is 11.8. The predicted molar refractivity (Wildman–Crippen MR) is 92.1 cm³/mol. The summed E-state index contributed by atoms with van der Waals surface area (Å²) in [6.07, 6.45) is 3.82. The van der Waals surface area contributed by atoms with Crippen LogP contribution in [0.3, 0.4) is 0 Å². The van der Waals surface area contributed by atoms with Crippen LogP contribution in [0.4, 0.5) is 0 Å². The molecule has 0 aliphatic rings. The molecule has 2 heteroatoms. The number of rotatable bonds is 0. The second kappa shape index (κ2) is 4.25. The minimum atomic E-state index is 1.03. The van der Waals surface area contributed by atoms with Crippen LogP contribution in [0.1, 0.15) is 0 Å². The smallest absolute Gasteiger partial charge is 0.0808 e. The predicted octanol–water partition coefficient (Wildman–Crippen LogP) is 5.09. The molecule has 2 nitrogen and oxygen atoms in total. The van der Waals surface area contributed by atoms with Crippen LogP contribution in [0.2, 0.25) is 0 Å². The van der Waals surface area contributed by atoms with Crippen molar-refractivity contribution in [3.05, 3.63) is 73.1 Å². The Bertz CT molecular complexity index is 1130. The van der Waals surface area contributed by atoms with Gasteiger partial charge in [-0.25, -0.2) is 0 Å². The first-order valence-electron chi connectivity index (χ1n) is 7.36. The fourth-order valence-corrected chi connectivity index (χ4v) is 3.35. The number of fused-ring (bicyclic) bond motifs is 8. The van der Waals surface area contributed by atoms with Crippen molar-refractivity contribution < 1.29 is 0 Å². The number of nitrogens with zero attached hydrogens (tertiary/aromatic N) is 2. The van der Waals surface area contributed by atoms with Gasteiger partial charge >= 0.3 is 0 Å². The van der Waals surface area contributed by atoms with Crippen molar-refractivity contribution >= 4 is 43.4 Å². The number of pyridine rings is 2. The third-order valence-electron chi connectivity index (χ3n) is 4.32. The summed E-state index contributed by atoms with van der Waals surface area (Å²) in [6.45, 7) is 0. The van der Waals surface area contributed by atoms with E-state index in [4.69, 9.17) is 4.98 Å². The molecule has 0 N–H and O–H groups in total. The quantitative estimate of drug-likeness (QED) is 0.369. The van der Waals surface area contributed by atoms with Gasteiger partial charge in [0, 0.05) is 33.9 Å². The molecule has 0 aliphatic heterocycles. The normalized spacial score (nSPS) is 11.6. The van der Waals surface area contributed by atoms with E-state index in [9.17, 15) is 0 Å². The molecule has 0 radical (unpaired) electrons. The number of aromatic nitrogens is 2. The Morgan fingerprint density at radius 2 is 1.18 bits per heavy atom. The van der Waals surface area contributed by atoms with Gasteiger partial charge in [-0.2, -0.15) is 0 Å². The maximum Gasteiger partial charge on any atom is 0.0808 e. The molecule has 2 heterocycles. The van der Waals surface area contributed by atoms with Gasteiger partial charge in [-0.1, -0.05) is 54.6 Å². The largest absolute Gasteiger partial charge is 0.256 e. The first-order chi connectivity index (χ1) is 10.9. The van der Waals surface area contributed by atoms with Gasteiger partial charge in [-0.05, 0) is 16.8 Å². The minimum Gasteiger partial charge on any atom is -0.256 e. The molecular formula is C20H12N2. The fraction of sp³-hybridized carbons (Fsp3) is 0. The zero-order chi connectivity index (χ0) is 14.5. The van der Waals surface area contributed by atoms with Gasteiger partial charge in [0.05, 0.1) is 11.0 Å². The van der Waals surface area contributed by atoms with Crippen LogP contribution in [-0.2, 0) is 0 Å². The van der Waals surface area contributed by atoms with Crippen molar-refractivity contribution in [1.29, 1.82) is 0 Å². The van der Waals surface area contributed by atoms with Crippen LogP contribution in [0, 0.1) is 0 Å². The Morgan fingerprint density at radius 1 is 0.545 bits per heavy atom. The summed E-state index contributed by atoms with van der Waals surface area (Å²) in [6, 6.07) is 21.0. The van der Waals surface area contributed by atoms with E-state index >= 15 is 0 Å². The molecule has 2 aromatic heterocycles. The maximum atomic E-state index is 4.75. The lowest BCUT2D eigenvalue weighted by Gasteiger charge is -2.10. The van der Waals surface area contributed by atoms with E-state index in [1.54, 1.807) is 0 Å². The summed E-state index contributed by atoms with van der Waals surface area (Å²) in [5, 5.41) is 7.08. The van der Waals surface area contributed by atoms with Crippen LogP contribution in [0.5, 0.6) is 0 Å². The summed E-state index contributed by atoms with van der Waals surface area (Å²) >= 11 is 0. The van der Waals surface area contributed by atoms with E-state index in [0.717, 1.165) is 21.8 Å². The Labute approximate surface area is 127 Å². The molecule has 5 aromatic rings. The third kappa shape index (κ3) is 1.44. The first-order valence-corrected chi connectivity index (χ1v) is 7.36. The van der Waals surface area contributed by atoms with Crippen molar-refractivity contribution in [2.45, 2.75) is 0 Å². The summed E-state index contributed by atoms with van der Waals surface area (Å²) in [5.41, 5.74) is 2.06. The average Bonchev–Trinajstić information content (AvgIpc) is 2.61. The van der Waals surface area contributed by atoms with Gasteiger partial charge in [0.25, 0.3) is 0 Å². The summed E-state index contributed by atoms with van der Waals surface area (Å²) < 4.78 is 0. The van der Waals surface area contributed by atoms with E-state index in [2.05, 4.69) is 53.5 Å². The SMILES string of the molecule is c1ccc2c(c1)cnc1c3ccccc3c3cccnc3c21. The molecule has 0 atom stereocenters. The molecule has 0 bridgehead atoms. The van der Waals surface area contributed by atoms with E-state index in [-0.39, 0.29) is 0 Å². The lowest BCUT2D eigenvalue weighted by atomic mass is 9.97. The lowest BCUT2D eigenvalue weighted by molar-refractivity contribution is 1.42. The summed E-state index contributed by atoms with van der Waals surface area (Å²) in [7, 11) is 0. The van der Waals surface area contributed by atoms with Gasteiger partial charge < -0.3 is 0 Å². The summed E-state index contributed by atoms with van der Waals surface area (Å²) in [4.78, 5) is 9.42. The molecule has 0 saturated heterocycles. The maximum absolute atomic E-state index is 4.75. The topological polar surface area (TPSA) is 25.8 Å². The van der Waals surface area contributed by atoms with Crippen LogP contribution in [-0.4, -0.2) is 9.97 Å². The van der Waals surface area contributed by atoms with Crippen LogP contribution in [0.15, 0.2) is 73.1 Å². The van der Waals surface area contributed by atoms with Gasteiger partial charge in [-0.3, -0.25) is 9.97 Å². The molecular weight excluding hydrogens is 268 g/mol. The average molecular weight is 280 g/mol. The molecule has 0 saturated carbocycles. The molecule has 0 spiro atoms. The van der Waals surface area contributed by atoms with Crippen LogP contribution >= 0.6 is 0 Å². The Hall–Kier alpha value is -3.00. The highest BCUT2D eigenvalue weighted by Gasteiger charge is 2.12. The van der Waals surface area contributed by atoms with Crippen molar-refractivity contribution in [1.82, 2.24) is 9.97 Å².